The van der Waals surface area contributed by atoms with Crippen molar-refractivity contribution >= 4 is 17.1 Å². The first-order valence-corrected chi connectivity index (χ1v) is 5.73. The Labute approximate surface area is 90.8 Å². The molecule has 3 rings (SSSR count). The van der Waals surface area contributed by atoms with E-state index in [1.807, 2.05) is 12.1 Å². The second-order valence-electron chi connectivity index (χ2n) is 3.55. The zero-order valence-corrected chi connectivity index (χ0v) is 8.84. The molecule has 76 valence electrons. The molecule has 0 unspecified atom stereocenters. The van der Waals surface area contributed by atoms with Gasteiger partial charge in [-0.2, -0.15) is 0 Å². The van der Waals surface area contributed by atoms with Crippen LogP contribution >= 0.6 is 11.3 Å². The van der Waals surface area contributed by atoms with E-state index in [9.17, 15) is 4.79 Å². The lowest BCUT2D eigenvalue weighted by atomic mass is 10.0. The number of hydrogen-bond acceptors (Lipinski definition) is 4. The van der Waals surface area contributed by atoms with Crippen LogP contribution in [0.2, 0.25) is 0 Å². The van der Waals surface area contributed by atoms with E-state index in [-0.39, 0.29) is 5.78 Å². The molecule has 0 saturated heterocycles. The summed E-state index contributed by atoms with van der Waals surface area (Å²) >= 11 is 1.45. The van der Waals surface area contributed by atoms with Gasteiger partial charge in [0, 0.05) is 6.42 Å². The molecule has 0 aromatic carbocycles. The number of carbonyl (C=O) groups excluding carboxylic acids is 1. The fourth-order valence-electron chi connectivity index (χ4n) is 1.77. The number of carbonyl (C=O) groups is 1. The lowest BCUT2D eigenvalue weighted by molar-refractivity contribution is 0.0976. The third-order valence-corrected chi connectivity index (χ3v) is 3.65. The summed E-state index contributed by atoms with van der Waals surface area (Å²) in [5.74, 6) is 0.980. The highest BCUT2D eigenvalue weighted by atomic mass is 32.1. The van der Waals surface area contributed by atoms with Crippen molar-refractivity contribution in [2.45, 2.75) is 19.3 Å². The van der Waals surface area contributed by atoms with Gasteiger partial charge in [-0.15, -0.1) is 11.3 Å². The normalized spacial score (nSPS) is 15.3. The van der Waals surface area contributed by atoms with Crippen molar-refractivity contribution in [3.63, 3.8) is 0 Å². The summed E-state index contributed by atoms with van der Waals surface area (Å²) in [5, 5.41) is 0.820. The number of aryl methyl sites for hydroxylation is 1. The summed E-state index contributed by atoms with van der Waals surface area (Å²) in [6.07, 6.45) is 4.12. The molecule has 3 nitrogen and oxygen atoms in total. The van der Waals surface area contributed by atoms with Crippen LogP contribution in [0.15, 0.2) is 22.8 Å². The number of rotatable bonds is 1. The summed E-state index contributed by atoms with van der Waals surface area (Å²) in [6, 6.07) is 3.70. The van der Waals surface area contributed by atoms with Crippen molar-refractivity contribution in [2.75, 3.05) is 0 Å². The summed E-state index contributed by atoms with van der Waals surface area (Å²) in [4.78, 5) is 16.9. The van der Waals surface area contributed by atoms with Gasteiger partial charge < -0.3 is 4.42 Å². The van der Waals surface area contributed by atoms with Gasteiger partial charge in [-0.1, -0.05) is 0 Å². The van der Waals surface area contributed by atoms with E-state index in [1.165, 1.54) is 11.3 Å². The first-order valence-electron chi connectivity index (χ1n) is 4.91. The van der Waals surface area contributed by atoms with Crippen molar-refractivity contribution in [1.29, 1.82) is 0 Å². The maximum absolute atomic E-state index is 11.6. The summed E-state index contributed by atoms with van der Waals surface area (Å²) in [7, 11) is 0. The molecule has 1 aliphatic carbocycles. The number of Topliss-reactive ketones (excluding diaryl/α,β-unsaturated/α-hetero) is 1. The number of fused-ring (bicyclic) bond motifs is 1. The molecule has 15 heavy (non-hydrogen) atoms. The zero-order valence-electron chi connectivity index (χ0n) is 8.03. The minimum atomic E-state index is 0.228. The van der Waals surface area contributed by atoms with E-state index >= 15 is 0 Å². The minimum absolute atomic E-state index is 0.228. The van der Waals surface area contributed by atoms with Crippen molar-refractivity contribution < 1.29 is 9.21 Å². The minimum Gasteiger partial charge on any atom is -0.462 e. The zero-order chi connectivity index (χ0) is 10.3. The van der Waals surface area contributed by atoms with Crippen LogP contribution in [0, 0.1) is 0 Å². The number of ketones is 1. The number of thiazole rings is 1. The van der Waals surface area contributed by atoms with Crippen LogP contribution in [0.4, 0.5) is 0 Å². The van der Waals surface area contributed by atoms with E-state index in [0.717, 1.165) is 34.2 Å². The van der Waals surface area contributed by atoms with Gasteiger partial charge in [0.2, 0.25) is 0 Å². The van der Waals surface area contributed by atoms with Gasteiger partial charge in [-0.3, -0.25) is 4.79 Å². The van der Waals surface area contributed by atoms with Gasteiger partial charge in [-0.25, -0.2) is 4.98 Å². The van der Waals surface area contributed by atoms with Gasteiger partial charge >= 0.3 is 0 Å². The molecule has 4 heteroatoms. The standard InChI is InChI=1S/C11H9NO2S/c13-8-4-1-3-7-10(8)15-11(12-7)9-5-2-6-14-9/h2,5-6H,1,3-4H2. The van der Waals surface area contributed by atoms with Crippen LogP contribution in [-0.4, -0.2) is 10.8 Å². The molecule has 0 aliphatic heterocycles. The second-order valence-corrected chi connectivity index (χ2v) is 4.55. The Morgan fingerprint density at radius 2 is 2.33 bits per heavy atom. The Morgan fingerprint density at radius 3 is 3.07 bits per heavy atom. The van der Waals surface area contributed by atoms with Crippen molar-refractivity contribution in [3.8, 4) is 10.8 Å². The van der Waals surface area contributed by atoms with Gasteiger partial charge in [0.05, 0.1) is 16.8 Å². The quantitative estimate of drug-likeness (QED) is 0.740. The molecule has 0 atom stereocenters. The summed E-state index contributed by atoms with van der Waals surface area (Å²) < 4.78 is 5.27. The maximum atomic E-state index is 11.6. The van der Waals surface area contributed by atoms with Crippen LogP contribution in [-0.2, 0) is 6.42 Å². The Bertz CT molecular complexity index is 499. The number of furan rings is 1. The Morgan fingerprint density at radius 1 is 1.40 bits per heavy atom. The average molecular weight is 219 g/mol. The van der Waals surface area contributed by atoms with E-state index < -0.39 is 0 Å². The predicted octanol–water partition coefficient (Wildman–Crippen LogP) is 2.92. The van der Waals surface area contributed by atoms with Crippen molar-refractivity contribution in [3.05, 3.63) is 29.0 Å². The SMILES string of the molecule is O=C1CCCc2nc(-c3ccco3)sc21. The third-order valence-electron chi connectivity index (χ3n) is 2.50. The smallest absolute Gasteiger partial charge is 0.174 e. The Kier molecular flexibility index (Phi) is 1.95. The highest BCUT2D eigenvalue weighted by molar-refractivity contribution is 7.17. The molecular weight excluding hydrogens is 210 g/mol. The topological polar surface area (TPSA) is 43.1 Å². The fraction of sp³-hybridized carbons (Fsp3) is 0.273. The molecule has 0 fully saturated rings. The molecule has 2 aromatic rings. The molecule has 0 amide bonds. The van der Waals surface area contributed by atoms with Gasteiger partial charge in [0.25, 0.3) is 0 Å². The Hall–Kier alpha value is -1.42. The van der Waals surface area contributed by atoms with E-state index in [2.05, 4.69) is 4.98 Å². The van der Waals surface area contributed by atoms with E-state index in [1.54, 1.807) is 6.26 Å². The molecular formula is C11H9NO2S. The highest BCUT2D eigenvalue weighted by Gasteiger charge is 2.23. The van der Waals surface area contributed by atoms with E-state index in [4.69, 9.17) is 4.42 Å². The fourth-order valence-corrected chi connectivity index (χ4v) is 2.82. The number of hydrogen-bond donors (Lipinski definition) is 0. The molecule has 0 N–H and O–H groups in total. The van der Waals surface area contributed by atoms with E-state index in [0.29, 0.717) is 6.42 Å². The largest absolute Gasteiger partial charge is 0.462 e. The van der Waals surface area contributed by atoms with Crippen LogP contribution in [0.25, 0.3) is 10.8 Å². The predicted molar refractivity (Wildman–Crippen MR) is 57.1 cm³/mol. The molecule has 0 radical (unpaired) electrons. The van der Waals surface area contributed by atoms with Crippen LogP contribution in [0.5, 0.6) is 0 Å². The summed E-state index contributed by atoms with van der Waals surface area (Å²) in [6.45, 7) is 0. The molecule has 2 heterocycles. The molecule has 0 bridgehead atoms. The monoisotopic (exact) mass is 219 g/mol. The van der Waals surface area contributed by atoms with Crippen LogP contribution in [0.3, 0.4) is 0 Å². The van der Waals surface area contributed by atoms with Gasteiger partial charge in [0.15, 0.2) is 16.6 Å². The maximum Gasteiger partial charge on any atom is 0.174 e. The first kappa shape index (κ1) is 8.85. The second kappa shape index (κ2) is 3.31. The lowest BCUT2D eigenvalue weighted by Crippen LogP contribution is -2.07. The van der Waals surface area contributed by atoms with Gasteiger partial charge in [-0.05, 0) is 25.0 Å². The van der Waals surface area contributed by atoms with Gasteiger partial charge in [0.1, 0.15) is 0 Å². The van der Waals surface area contributed by atoms with Crippen molar-refractivity contribution in [1.82, 2.24) is 4.98 Å². The lowest BCUT2D eigenvalue weighted by Gasteiger charge is -2.06. The highest BCUT2D eigenvalue weighted by Crippen LogP contribution is 2.32. The Balaban J connectivity index is 2.09. The first-order chi connectivity index (χ1) is 7.34. The van der Waals surface area contributed by atoms with Crippen molar-refractivity contribution in [2.24, 2.45) is 0 Å². The number of aromatic nitrogens is 1. The third kappa shape index (κ3) is 1.41. The molecule has 1 aliphatic rings. The average Bonchev–Trinajstić information content (AvgIpc) is 2.86. The molecule has 0 spiro atoms. The molecule has 0 saturated carbocycles. The van der Waals surface area contributed by atoms with Crippen LogP contribution in [0.1, 0.15) is 28.2 Å². The number of nitrogens with zero attached hydrogens (tertiary/aromatic N) is 1. The summed E-state index contributed by atoms with van der Waals surface area (Å²) in [5.41, 5.74) is 0.947. The molecule has 2 aromatic heterocycles. The van der Waals surface area contributed by atoms with Crippen LogP contribution < -0.4 is 0 Å².